The van der Waals surface area contributed by atoms with Gasteiger partial charge in [0.1, 0.15) is 23.3 Å². The molecule has 658 valence electrons. The Morgan fingerprint density at radius 3 is 1.07 bits per heavy atom. The minimum Gasteiger partial charge on any atom is -0.256 e. The largest absolute Gasteiger partial charge is 0.256 e. The van der Waals surface area contributed by atoms with Crippen molar-refractivity contribution in [3.8, 4) is 55.8 Å². The van der Waals surface area contributed by atoms with Crippen LogP contribution in [0.5, 0.6) is 0 Å². The highest BCUT2D eigenvalue weighted by Gasteiger charge is 2.46. The molecule has 8 heteroatoms. The number of nitrogens with zero attached hydrogens (tertiary/aromatic N) is 4. The highest BCUT2D eigenvalue weighted by Crippen LogP contribution is 2.55. The lowest BCUT2D eigenvalue weighted by Crippen LogP contribution is -2.38. The van der Waals surface area contributed by atoms with E-state index in [1.807, 2.05) is 48.5 Å². The van der Waals surface area contributed by atoms with Crippen LogP contribution in [0.2, 0.25) is 0 Å². The molecule has 0 aliphatic heterocycles. The van der Waals surface area contributed by atoms with Crippen molar-refractivity contribution < 1.29 is 17.6 Å². The highest BCUT2D eigenvalue weighted by atomic mass is 19.1. The third kappa shape index (κ3) is 20.0. The first-order chi connectivity index (χ1) is 60.3. The van der Waals surface area contributed by atoms with Crippen molar-refractivity contribution in [2.45, 2.75) is 256 Å². The van der Waals surface area contributed by atoms with E-state index in [9.17, 15) is 17.6 Å². The van der Waals surface area contributed by atoms with E-state index in [-0.39, 0.29) is 62.7 Å². The number of benzene rings is 8. The van der Waals surface area contributed by atoms with Gasteiger partial charge < -0.3 is 0 Å². The molecule has 12 aromatic rings. The second-order valence-corrected chi connectivity index (χ2v) is 40.5. The highest BCUT2D eigenvalue weighted by molar-refractivity contribution is 5.89. The summed E-state index contributed by atoms with van der Waals surface area (Å²) in [5.74, 6) is 2.04. The van der Waals surface area contributed by atoms with Gasteiger partial charge in [0.2, 0.25) is 0 Å². The van der Waals surface area contributed by atoms with Gasteiger partial charge in [0.05, 0.1) is 39.9 Å². The first-order valence-corrected chi connectivity index (χ1v) is 46.7. The molecule has 0 amide bonds. The zero-order valence-corrected chi connectivity index (χ0v) is 80.0. The number of hydrogen-bond donors (Lipinski definition) is 0. The van der Waals surface area contributed by atoms with E-state index < -0.39 is 0 Å². The molecule has 0 N–H and O–H groups in total. The van der Waals surface area contributed by atoms with Gasteiger partial charge in [-0.3, -0.25) is 19.9 Å². The summed E-state index contributed by atoms with van der Waals surface area (Å²) < 4.78 is 55.4. The minimum atomic E-state index is -0.242. The monoisotopic (exact) mass is 1700 g/mol. The number of halogens is 4. The maximum atomic E-state index is 13.9. The Hall–Kier alpha value is -11.0. The van der Waals surface area contributed by atoms with Gasteiger partial charge in [0, 0.05) is 56.2 Å². The zero-order valence-electron chi connectivity index (χ0n) is 80.0. The van der Waals surface area contributed by atoms with E-state index in [2.05, 4.69) is 312 Å². The molecule has 0 spiro atoms. The number of pyridine rings is 4. The Kier molecular flexibility index (Phi) is 28.7. The van der Waals surface area contributed by atoms with Gasteiger partial charge in [-0.1, -0.05) is 360 Å². The summed E-state index contributed by atoms with van der Waals surface area (Å²) in [4.78, 5) is 21.4. The van der Waals surface area contributed by atoms with E-state index in [4.69, 9.17) is 19.9 Å². The number of aromatic nitrogens is 4. The second-order valence-electron chi connectivity index (χ2n) is 40.5. The number of fused-ring (bicyclic) bond motifs is 9. The summed E-state index contributed by atoms with van der Waals surface area (Å²) in [6.07, 6.45) is 24.8. The summed E-state index contributed by atoms with van der Waals surface area (Å²) in [5.41, 5.74) is 38.0. The Labute approximate surface area is 757 Å². The van der Waals surface area contributed by atoms with Gasteiger partial charge in [0.15, 0.2) is 0 Å². The predicted octanol–water partition coefficient (Wildman–Crippen LogP) is 32.7. The molecule has 4 heterocycles. The summed E-state index contributed by atoms with van der Waals surface area (Å²) in [6.45, 7) is 53.7. The van der Waals surface area contributed by atoms with Crippen LogP contribution in [-0.4, -0.2) is 19.9 Å². The van der Waals surface area contributed by atoms with Gasteiger partial charge in [0.25, 0.3) is 0 Å². The van der Waals surface area contributed by atoms with E-state index in [1.54, 1.807) is 48.5 Å². The molecule has 0 saturated carbocycles. The van der Waals surface area contributed by atoms with Crippen LogP contribution in [0.3, 0.4) is 0 Å². The van der Waals surface area contributed by atoms with Crippen molar-refractivity contribution in [2.24, 2.45) is 23.7 Å². The lowest BCUT2D eigenvalue weighted by atomic mass is 9.60. The van der Waals surface area contributed by atoms with Crippen LogP contribution >= 0.6 is 0 Å². The van der Waals surface area contributed by atoms with Gasteiger partial charge in [-0.2, -0.15) is 0 Å². The first kappa shape index (κ1) is 93.7. The lowest BCUT2D eigenvalue weighted by molar-refractivity contribution is 0.485. The van der Waals surface area contributed by atoms with Crippen molar-refractivity contribution >= 4 is 24.3 Å². The van der Waals surface area contributed by atoms with Crippen LogP contribution in [0.4, 0.5) is 17.6 Å². The fourth-order valence-corrected chi connectivity index (χ4v) is 19.5. The molecule has 0 unspecified atom stereocenters. The Morgan fingerprint density at radius 1 is 0.291 bits per heavy atom. The number of rotatable bonds is 16. The number of aryl methyl sites for hydroxylation is 3. The number of allylic oxidation sites excluding steroid dienone is 4. The van der Waals surface area contributed by atoms with Crippen LogP contribution in [0.15, 0.2) is 218 Å². The van der Waals surface area contributed by atoms with E-state index in [0.29, 0.717) is 29.6 Å². The zero-order chi connectivity index (χ0) is 91.5. The average molecular weight is 1700 g/mol. The molecule has 4 aliphatic rings. The van der Waals surface area contributed by atoms with E-state index in [1.165, 1.54) is 111 Å². The SMILES string of the molecule is CC(C)/C=C/c1c(C(C)C)nc2c(c1-c1ccc(F)cc1)C(C)(C)CCc1ccccc1-2.CC(C)/C=C/c1c(C(C)C)nc2c(c1-c1ccc(F)cc1)C(C)(C)c1ccccc1C2(C)C.CC(C)/C=C/c1c(C(C)C)nc2c(c1-c1ccc(F)cc1)CCc1ccccc1C2.CC(C)/C=C/c1c(C(C)C)nc2c(c1-c1ccc(F)cc1)CCc1ccccc1C2(C)C. The smallest absolute Gasteiger partial charge is 0.123 e. The molecule has 16 rings (SSSR count). The molecule has 4 aromatic heterocycles. The quantitative estimate of drug-likeness (QED) is 0.0905. The van der Waals surface area contributed by atoms with Crippen LogP contribution in [0.1, 0.15) is 320 Å². The number of hydrogen-bond acceptors (Lipinski definition) is 4. The van der Waals surface area contributed by atoms with Crippen LogP contribution < -0.4 is 0 Å². The molecule has 0 saturated heterocycles. The molecule has 0 fully saturated rings. The lowest BCUT2D eigenvalue weighted by Gasteiger charge is -2.45. The van der Waals surface area contributed by atoms with E-state index in [0.717, 1.165) is 113 Å². The standard InChI is InChI=1S/C31H36FN.2C30H34FN.C28H30FN/c1-19(2)13-18-23-26(21-14-16-22(32)17-15-21)27-29(33-28(23)20(3)4)31(7,8)25-12-10-9-11-24(25)30(27,5)6;1-19(2)11-17-24-27(22-12-15-23(31)16-13-22)25-18-14-21-9-7-8-10-26(21)30(5,6)29(25)32-28(24)20(3)4;1-19(2)11-16-25-26(22-12-14-23(31)15-13-22)27-29(32-28(25)20(3)4)24-10-8-7-9-21(24)17-18-30(27,5)6;1-18(2)9-15-25-27(21-10-13-23(29)14-11-21)24-16-12-20-7-5-6-8-22(20)17-26(24)30-28(25)19(3)4/h9-20H,1-8H3;7-13,15-17,19-20H,14,18H2,1-6H3;7-16,19-20H,17-18H2,1-6H3;5-11,13-15,18-19H,12,16-17H2,1-4H3/b18-13+;17-11+;16-11+;15-9+. The van der Waals surface area contributed by atoms with Crippen molar-refractivity contribution in [2.75, 3.05) is 0 Å². The molecule has 0 atom stereocenters. The molecule has 0 radical (unpaired) electrons. The van der Waals surface area contributed by atoms with Crippen molar-refractivity contribution in [3.63, 3.8) is 0 Å². The average Bonchev–Trinajstić information content (AvgIpc) is 1.06. The van der Waals surface area contributed by atoms with Gasteiger partial charge >= 0.3 is 0 Å². The van der Waals surface area contributed by atoms with Gasteiger partial charge in [-0.25, -0.2) is 17.6 Å². The Morgan fingerprint density at radius 2 is 0.622 bits per heavy atom. The topological polar surface area (TPSA) is 51.6 Å². The fraction of sp³-hybridized carbons (Fsp3) is 0.361. The van der Waals surface area contributed by atoms with Crippen LogP contribution in [-0.2, 0) is 60.2 Å². The van der Waals surface area contributed by atoms with Gasteiger partial charge in [-0.15, -0.1) is 0 Å². The molecule has 0 bridgehead atoms. The minimum absolute atomic E-state index is 0.0684. The molecule has 8 aromatic carbocycles. The fourth-order valence-electron chi connectivity index (χ4n) is 19.5. The summed E-state index contributed by atoms with van der Waals surface area (Å²) in [5, 5.41) is 0. The maximum absolute atomic E-state index is 13.9. The van der Waals surface area contributed by atoms with Crippen molar-refractivity contribution in [1.82, 2.24) is 19.9 Å². The Balaban J connectivity index is 0.000000145. The normalized spacial score (nSPS) is 15.1. The molecule has 4 nitrogen and oxygen atoms in total. The summed E-state index contributed by atoms with van der Waals surface area (Å²) in [6, 6.07) is 62.9. The third-order valence-corrected chi connectivity index (χ3v) is 26.2. The second kappa shape index (κ2) is 38.9. The summed E-state index contributed by atoms with van der Waals surface area (Å²) >= 11 is 0. The van der Waals surface area contributed by atoms with Crippen LogP contribution in [0, 0.1) is 46.9 Å². The summed E-state index contributed by atoms with van der Waals surface area (Å²) in [7, 11) is 0. The Bertz CT molecular complexity index is 6070. The van der Waals surface area contributed by atoms with E-state index >= 15 is 0 Å². The molecular formula is C119H134F4N4. The van der Waals surface area contributed by atoms with Crippen LogP contribution in [0.25, 0.3) is 80.1 Å². The van der Waals surface area contributed by atoms with Gasteiger partial charge in [-0.05, 0) is 246 Å². The van der Waals surface area contributed by atoms with Crippen molar-refractivity contribution in [1.29, 1.82) is 0 Å². The first-order valence-electron chi connectivity index (χ1n) is 46.7. The molecular weight excluding hydrogens is 1560 g/mol. The molecule has 127 heavy (non-hydrogen) atoms. The predicted molar refractivity (Wildman–Crippen MR) is 530 cm³/mol. The maximum Gasteiger partial charge on any atom is 0.123 e. The molecule has 4 aliphatic carbocycles. The third-order valence-electron chi connectivity index (χ3n) is 26.2. The van der Waals surface area contributed by atoms with Crippen molar-refractivity contribution in [3.05, 3.63) is 365 Å².